The number of hydrogen-bond acceptors (Lipinski definition) is 4. The summed E-state index contributed by atoms with van der Waals surface area (Å²) in [7, 11) is 1.93. The van der Waals surface area contributed by atoms with Gasteiger partial charge in [0.25, 0.3) is 0 Å². The second kappa shape index (κ2) is 9.76. The van der Waals surface area contributed by atoms with E-state index >= 15 is 0 Å². The predicted octanol–water partition coefficient (Wildman–Crippen LogP) is 2.87. The monoisotopic (exact) mass is 439 g/mol. The van der Waals surface area contributed by atoms with Crippen LogP contribution < -0.4 is 10.2 Å². The van der Waals surface area contributed by atoms with Crippen LogP contribution in [0.4, 0.5) is 14.5 Å². The van der Waals surface area contributed by atoms with Gasteiger partial charge in [-0.05, 0) is 24.6 Å². The molecule has 0 saturated carbocycles. The van der Waals surface area contributed by atoms with Crippen molar-refractivity contribution < 1.29 is 8.78 Å². The van der Waals surface area contributed by atoms with Crippen LogP contribution in [0.5, 0.6) is 0 Å². The number of benzene rings is 2. The summed E-state index contributed by atoms with van der Waals surface area (Å²) in [6, 6.07) is 13.6. The Morgan fingerprint density at radius 2 is 1.78 bits per heavy atom. The van der Waals surface area contributed by atoms with Gasteiger partial charge < -0.3 is 19.7 Å². The number of guanidine groups is 1. The van der Waals surface area contributed by atoms with Gasteiger partial charge in [0, 0.05) is 39.3 Å². The number of aryl methyl sites for hydroxylation is 1. The number of hydrogen-bond donors (Lipinski definition) is 1. The molecule has 32 heavy (non-hydrogen) atoms. The molecule has 1 aliphatic rings. The summed E-state index contributed by atoms with van der Waals surface area (Å²) < 4.78 is 29.7. The van der Waals surface area contributed by atoms with Gasteiger partial charge >= 0.3 is 0 Å². The number of rotatable bonds is 5. The summed E-state index contributed by atoms with van der Waals surface area (Å²) in [4.78, 5) is 8.83. The van der Waals surface area contributed by atoms with E-state index in [1.165, 1.54) is 12.1 Å². The number of halogens is 2. The lowest BCUT2D eigenvalue weighted by molar-refractivity contribution is 0.368. The molecule has 1 N–H and O–H groups in total. The van der Waals surface area contributed by atoms with Gasteiger partial charge in [0.1, 0.15) is 17.5 Å². The number of nitrogens with one attached hydrogen (secondary N) is 1. The minimum absolute atomic E-state index is 0.301. The molecule has 2 heterocycles. The van der Waals surface area contributed by atoms with E-state index in [2.05, 4.69) is 20.4 Å². The summed E-state index contributed by atoms with van der Waals surface area (Å²) in [5.74, 6) is 1.57. The number of aliphatic imine (C=N–C) groups is 1. The highest BCUT2D eigenvalue weighted by molar-refractivity contribution is 5.80. The van der Waals surface area contributed by atoms with Crippen molar-refractivity contribution in [1.29, 1.82) is 0 Å². The van der Waals surface area contributed by atoms with Gasteiger partial charge in [-0.3, -0.25) is 0 Å². The number of piperazine rings is 1. The Morgan fingerprint density at radius 3 is 2.47 bits per heavy atom. The topological polar surface area (TPSA) is 61.6 Å². The molecule has 1 saturated heterocycles. The lowest BCUT2D eigenvalue weighted by Gasteiger charge is -2.37. The van der Waals surface area contributed by atoms with Crippen molar-refractivity contribution in [3.8, 4) is 0 Å². The summed E-state index contributed by atoms with van der Waals surface area (Å²) in [6.07, 6.45) is 0. The van der Waals surface area contributed by atoms with Crippen molar-refractivity contribution >= 4 is 11.6 Å². The first-order chi connectivity index (χ1) is 15.5. The fourth-order valence-electron chi connectivity index (χ4n) is 3.67. The Morgan fingerprint density at radius 1 is 1.03 bits per heavy atom. The van der Waals surface area contributed by atoms with Crippen LogP contribution in [-0.2, 0) is 20.1 Å². The molecular formula is C23H27F2N7. The molecule has 0 atom stereocenters. The first-order valence-corrected chi connectivity index (χ1v) is 10.6. The zero-order valence-electron chi connectivity index (χ0n) is 18.3. The van der Waals surface area contributed by atoms with E-state index < -0.39 is 11.6 Å². The second-order valence-corrected chi connectivity index (χ2v) is 7.77. The van der Waals surface area contributed by atoms with Crippen molar-refractivity contribution in [2.24, 2.45) is 12.0 Å². The molecule has 4 rings (SSSR count). The van der Waals surface area contributed by atoms with Crippen LogP contribution in [0.25, 0.3) is 0 Å². The third-order valence-corrected chi connectivity index (χ3v) is 5.67. The summed E-state index contributed by atoms with van der Waals surface area (Å²) >= 11 is 0. The molecule has 9 heteroatoms. The molecule has 1 fully saturated rings. The molecule has 2 aromatic carbocycles. The van der Waals surface area contributed by atoms with Gasteiger partial charge in [-0.2, -0.15) is 0 Å². The standard InChI is InChI=1S/C23H27F2N7/c1-17-28-29-22(30(17)2)16-27-23(26-15-18-6-4-3-5-7-18)32-12-10-31(11-13-32)21-14-19(24)8-9-20(21)25/h3-9,14H,10-13,15-16H2,1-2H3,(H,26,27). The molecule has 0 unspecified atom stereocenters. The van der Waals surface area contributed by atoms with Crippen LogP contribution in [0.2, 0.25) is 0 Å². The fraction of sp³-hybridized carbons (Fsp3) is 0.348. The molecule has 0 aliphatic carbocycles. The van der Waals surface area contributed by atoms with Gasteiger partial charge in [0.15, 0.2) is 11.8 Å². The molecule has 1 aliphatic heterocycles. The average Bonchev–Trinajstić information content (AvgIpc) is 3.14. The van der Waals surface area contributed by atoms with Crippen molar-refractivity contribution in [3.63, 3.8) is 0 Å². The highest BCUT2D eigenvalue weighted by atomic mass is 19.1. The van der Waals surface area contributed by atoms with Crippen LogP contribution in [0.15, 0.2) is 53.5 Å². The van der Waals surface area contributed by atoms with E-state index in [0.717, 1.165) is 29.2 Å². The predicted molar refractivity (Wildman–Crippen MR) is 120 cm³/mol. The van der Waals surface area contributed by atoms with Gasteiger partial charge in [0.2, 0.25) is 0 Å². The molecule has 7 nitrogen and oxygen atoms in total. The highest BCUT2D eigenvalue weighted by Gasteiger charge is 2.22. The third kappa shape index (κ3) is 5.04. The lowest BCUT2D eigenvalue weighted by atomic mass is 10.2. The number of anilines is 1. The van der Waals surface area contributed by atoms with Crippen LogP contribution in [-0.4, -0.2) is 51.8 Å². The fourth-order valence-corrected chi connectivity index (χ4v) is 3.67. The van der Waals surface area contributed by atoms with Crippen molar-refractivity contribution in [2.45, 2.75) is 20.0 Å². The van der Waals surface area contributed by atoms with E-state index in [0.29, 0.717) is 45.0 Å². The molecular weight excluding hydrogens is 412 g/mol. The number of nitrogens with zero attached hydrogens (tertiary/aromatic N) is 6. The Bertz CT molecular complexity index is 1070. The zero-order valence-corrected chi connectivity index (χ0v) is 18.3. The van der Waals surface area contributed by atoms with E-state index in [-0.39, 0.29) is 0 Å². The lowest BCUT2D eigenvalue weighted by Crippen LogP contribution is -2.52. The first kappa shape index (κ1) is 21.7. The largest absolute Gasteiger partial charge is 0.366 e. The van der Waals surface area contributed by atoms with E-state index in [9.17, 15) is 8.78 Å². The minimum atomic E-state index is -0.436. The molecule has 0 radical (unpaired) electrons. The Hall–Kier alpha value is -3.49. The van der Waals surface area contributed by atoms with E-state index in [4.69, 9.17) is 4.99 Å². The van der Waals surface area contributed by atoms with E-state index in [1.807, 2.05) is 53.8 Å². The SMILES string of the molecule is Cc1nnc(CNC(=NCc2ccccc2)N2CCN(c3cc(F)ccc3F)CC2)n1C. The van der Waals surface area contributed by atoms with Gasteiger partial charge in [-0.15, -0.1) is 10.2 Å². The maximum absolute atomic E-state index is 14.2. The van der Waals surface area contributed by atoms with Gasteiger partial charge in [-0.25, -0.2) is 13.8 Å². The van der Waals surface area contributed by atoms with Gasteiger partial charge in [-0.1, -0.05) is 30.3 Å². The van der Waals surface area contributed by atoms with Crippen molar-refractivity contribution in [1.82, 2.24) is 25.0 Å². The van der Waals surface area contributed by atoms with Crippen LogP contribution in [0.1, 0.15) is 17.2 Å². The summed E-state index contributed by atoms with van der Waals surface area (Å²) in [6.45, 7) is 5.34. The van der Waals surface area contributed by atoms with Crippen molar-refractivity contribution in [3.05, 3.63) is 77.4 Å². The van der Waals surface area contributed by atoms with Crippen molar-refractivity contribution in [2.75, 3.05) is 31.1 Å². The first-order valence-electron chi connectivity index (χ1n) is 10.6. The minimum Gasteiger partial charge on any atom is -0.366 e. The third-order valence-electron chi connectivity index (χ3n) is 5.67. The van der Waals surface area contributed by atoms with Crippen LogP contribution in [0.3, 0.4) is 0 Å². The summed E-state index contributed by atoms with van der Waals surface area (Å²) in [5.41, 5.74) is 1.41. The van der Waals surface area contributed by atoms with E-state index in [1.54, 1.807) is 0 Å². The second-order valence-electron chi connectivity index (χ2n) is 7.77. The Kier molecular flexibility index (Phi) is 6.63. The van der Waals surface area contributed by atoms with Crippen LogP contribution >= 0.6 is 0 Å². The molecule has 3 aromatic rings. The Balaban J connectivity index is 1.47. The average molecular weight is 440 g/mol. The maximum atomic E-state index is 14.2. The summed E-state index contributed by atoms with van der Waals surface area (Å²) in [5, 5.41) is 11.7. The highest BCUT2D eigenvalue weighted by Crippen LogP contribution is 2.22. The molecule has 1 aromatic heterocycles. The quantitative estimate of drug-likeness (QED) is 0.489. The normalized spacial score (nSPS) is 14.7. The smallest absolute Gasteiger partial charge is 0.194 e. The van der Waals surface area contributed by atoms with Gasteiger partial charge in [0.05, 0.1) is 18.8 Å². The zero-order chi connectivity index (χ0) is 22.5. The molecule has 0 amide bonds. The maximum Gasteiger partial charge on any atom is 0.194 e. The molecule has 0 spiro atoms. The Labute approximate surface area is 186 Å². The molecule has 0 bridgehead atoms. The number of aromatic nitrogens is 3. The molecule has 168 valence electrons. The van der Waals surface area contributed by atoms with Crippen LogP contribution in [0, 0.1) is 18.6 Å².